The maximum Gasteiger partial charge on any atom is 0.305 e. The number of hydrogen-bond donors (Lipinski definition) is 2. The molecule has 0 aliphatic rings. The lowest BCUT2D eigenvalue weighted by atomic mass is 10.2. The third-order valence-electron chi connectivity index (χ3n) is 3.38. The third-order valence-corrected chi connectivity index (χ3v) is 3.38. The summed E-state index contributed by atoms with van der Waals surface area (Å²) in [6.07, 6.45) is 2.02. The van der Waals surface area contributed by atoms with Crippen molar-refractivity contribution in [3.05, 3.63) is 72.4 Å². The molecular formula is C18H16N2O4. The maximum absolute atomic E-state index is 11.8. The van der Waals surface area contributed by atoms with Gasteiger partial charge in [0.1, 0.15) is 11.5 Å². The minimum Gasteiger partial charge on any atom is -0.461 e. The molecule has 2 aromatic heterocycles. The van der Waals surface area contributed by atoms with Crippen LogP contribution in [0.4, 0.5) is 0 Å². The highest BCUT2D eigenvalue weighted by Crippen LogP contribution is 2.22. The monoisotopic (exact) mass is 324 g/mol. The molecule has 0 aliphatic heterocycles. The Morgan fingerprint density at radius 2 is 1.75 bits per heavy atom. The van der Waals surface area contributed by atoms with E-state index in [1.54, 1.807) is 6.07 Å². The molecule has 0 radical (unpaired) electrons. The largest absolute Gasteiger partial charge is 0.461 e. The van der Waals surface area contributed by atoms with Crippen molar-refractivity contribution in [3.63, 3.8) is 0 Å². The lowest BCUT2D eigenvalue weighted by Gasteiger charge is -2.05. The van der Waals surface area contributed by atoms with Gasteiger partial charge in [-0.25, -0.2) is 0 Å². The number of carbonyl (C=O) groups is 2. The van der Waals surface area contributed by atoms with E-state index in [0.717, 1.165) is 11.3 Å². The molecule has 0 aliphatic carbocycles. The molecule has 6 heteroatoms. The van der Waals surface area contributed by atoms with Crippen molar-refractivity contribution in [2.45, 2.75) is 12.8 Å². The van der Waals surface area contributed by atoms with Crippen LogP contribution in [-0.2, 0) is 11.2 Å². The van der Waals surface area contributed by atoms with Crippen LogP contribution in [0.5, 0.6) is 0 Å². The van der Waals surface area contributed by atoms with Crippen LogP contribution in [0.15, 0.2) is 69.7 Å². The molecule has 0 spiro atoms. The van der Waals surface area contributed by atoms with Crippen molar-refractivity contribution < 1.29 is 18.4 Å². The molecule has 3 rings (SSSR count). The van der Waals surface area contributed by atoms with E-state index in [0.29, 0.717) is 12.2 Å². The molecule has 0 bridgehead atoms. The first-order valence-corrected chi connectivity index (χ1v) is 7.49. The zero-order chi connectivity index (χ0) is 16.8. The summed E-state index contributed by atoms with van der Waals surface area (Å²) in [7, 11) is 0. The van der Waals surface area contributed by atoms with Gasteiger partial charge in [-0.05, 0) is 24.3 Å². The average molecular weight is 324 g/mol. The first-order valence-electron chi connectivity index (χ1n) is 7.49. The van der Waals surface area contributed by atoms with Crippen LogP contribution >= 0.6 is 0 Å². The van der Waals surface area contributed by atoms with Gasteiger partial charge in [0.2, 0.25) is 5.91 Å². The van der Waals surface area contributed by atoms with Gasteiger partial charge in [0.15, 0.2) is 5.76 Å². The molecule has 0 fully saturated rings. The topological polar surface area (TPSA) is 84.5 Å². The van der Waals surface area contributed by atoms with Crippen molar-refractivity contribution in [3.8, 4) is 11.3 Å². The van der Waals surface area contributed by atoms with E-state index in [4.69, 9.17) is 8.83 Å². The van der Waals surface area contributed by atoms with Gasteiger partial charge in [-0.15, -0.1) is 0 Å². The number of rotatable bonds is 5. The fourth-order valence-corrected chi connectivity index (χ4v) is 2.16. The Hall–Kier alpha value is -3.28. The van der Waals surface area contributed by atoms with Gasteiger partial charge in [0, 0.05) is 18.4 Å². The van der Waals surface area contributed by atoms with Crippen LogP contribution in [0, 0.1) is 0 Å². The Labute approximate surface area is 138 Å². The highest BCUT2D eigenvalue weighted by molar-refractivity contribution is 5.92. The van der Waals surface area contributed by atoms with Crippen LogP contribution < -0.4 is 10.9 Å². The number of benzene rings is 1. The molecule has 2 amide bonds. The number of furan rings is 2. The lowest BCUT2D eigenvalue weighted by molar-refractivity contribution is -0.121. The van der Waals surface area contributed by atoms with E-state index in [2.05, 4.69) is 10.9 Å². The summed E-state index contributed by atoms with van der Waals surface area (Å²) < 4.78 is 10.6. The quantitative estimate of drug-likeness (QED) is 0.707. The number of amides is 2. The summed E-state index contributed by atoms with van der Waals surface area (Å²) >= 11 is 0. The van der Waals surface area contributed by atoms with Gasteiger partial charge in [0.25, 0.3) is 0 Å². The second-order valence-corrected chi connectivity index (χ2v) is 5.11. The molecule has 3 aromatic rings. The van der Waals surface area contributed by atoms with Gasteiger partial charge in [-0.2, -0.15) is 0 Å². The number of hydrogen-bond acceptors (Lipinski definition) is 4. The number of nitrogens with one attached hydrogen (secondary N) is 2. The summed E-state index contributed by atoms with van der Waals surface area (Å²) in [6.45, 7) is 0. The van der Waals surface area contributed by atoms with Gasteiger partial charge < -0.3 is 8.83 Å². The number of hydrazine groups is 1. The Balaban J connectivity index is 1.46. The Morgan fingerprint density at radius 3 is 2.50 bits per heavy atom. The normalized spacial score (nSPS) is 10.3. The number of aryl methyl sites for hydroxylation is 1. The second-order valence-electron chi connectivity index (χ2n) is 5.11. The predicted molar refractivity (Wildman–Crippen MR) is 86.8 cm³/mol. The van der Waals surface area contributed by atoms with Crippen molar-refractivity contribution >= 4 is 11.8 Å². The van der Waals surface area contributed by atoms with Crippen molar-refractivity contribution in [1.82, 2.24) is 10.9 Å². The molecule has 122 valence electrons. The first kappa shape index (κ1) is 15.6. The zero-order valence-corrected chi connectivity index (χ0v) is 12.8. The summed E-state index contributed by atoms with van der Waals surface area (Å²) in [4.78, 5) is 23.4. The van der Waals surface area contributed by atoms with E-state index < -0.39 is 5.91 Å². The maximum atomic E-state index is 11.8. The second kappa shape index (κ2) is 7.32. The Bertz CT molecular complexity index is 807. The third kappa shape index (κ3) is 3.92. The van der Waals surface area contributed by atoms with E-state index in [9.17, 15) is 9.59 Å². The summed E-state index contributed by atoms with van der Waals surface area (Å²) in [5, 5.41) is 0. The molecule has 0 saturated heterocycles. The molecule has 2 N–H and O–H groups in total. The zero-order valence-electron chi connectivity index (χ0n) is 12.8. The molecule has 1 aromatic carbocycles. The molecule has 2 heterocycles. The average Bonchev–Trinajstić information content (AvgIpc) is 3.30. The summed E-state index contributed by atoms with van der Waals surface area (Å²) in [5.41, 5.74) is 5.61. The number of carbonyl (C=O) groups excluding carboxylic acids is 2. The van der Waals surface area contributed by atoms with Crippen LogP contribution in [0.3, 0.4) is 0 Å². The van der Waals surface area contributed by atoms with Crippen LogP contribution in [0.2, 0.25) is 0 Å². The fourth-order valence-electron chi connectivity index (χ4n) is 2.16. The SMILES string of the molecule is O=C(CCc1ccc(-c2ccccc2)o1)NNC(=O)c1ccco1. The molecule has 0 saturated carbocycles. The highest BCUT2D eigenvalue weighted by atomic mass is 16.3. The van der Waals surface area contributed by atoms with E-state index in [-0.39, 0.29) is 18.1 Å². The highest BCUT2D eigenvalue weighted by Gasteiger charge is 2.11. The van der Waals surface area contributed by atoms with Gasteiger partial charge in [-0.1, -0.05) is 30.3 Å². The lowest BCUT2D eigenvalue weighted by Crippen LogP contribution is -2.41. The van der Waals surface area contributed by atoms with E-state index in [1.807, 2.05) is 42.5 Å². The molecular weight excluding hydrogens is 308 g/mol. The predicted octanol–water partition coefficient (Wildman–Crippen LogP) is 2.93. The molecule has 6 nitrogen and oxygen atoms in total. The minimum absolute atomic E-state index is 0.133. The fraction of sp³-hybridized carbons (Fsp3) is 0.111. The van der Waals surface area contributed by atoms with Gasteiger partial charge in [-0.3, -0.25) is 20.4 Å². The standard InChI is InChI=1S/C18H16N2O4/c21-17(19-20-18(22)16-7-4-12-23-16)11-9-14-8-10-15(24-14)13-5-2-1-3-6-13/h1-8,10,12H,9,11H2,(H,19,21)(H,20,22). The van der Waals surface area contributed by atoms with Crippen LogP contribution in [0.25, 0.3) is 11.3 Å². The van der Waals surface area contributed by atoms with Gasteiger partial charge in [0.05, 0.1) is 6.26 Å². The minimum atomic E-state index is -0.502. The first-order chi connectivity index (χ1) is 11.7. The molecule has 0 atom stereocenters. The van der Waals surface area contributed by atoms with E-state index >= 15 is 0 Å². The Morgan fingerprint density at radius 1 is 0.917 bits per heavy atom. The van der Waals surface area contributed by atoms with E-state index in [1.165, 1.54) is 12.3 Å². The van der Waals surface area contributed by atoms with Gasteiger partial charge >= 0.3 is 5.91 Å². The van der Waals surface area contributed by atoms with Crippen molar-refractivity contribution in [2.24, 2.45) is 0 Å². The van der Waals surface area contributed by atoms with Crippen LogP contribution in [0.1, 0.15) is 22.7 Å². The smallest absolute Gasteiger partial charge is 0.305 e. The van der Waals surface area contributed by atoms with Crippen molar-refractivity contribution in [1.29, 1.82) is 0 Å². The summed E-state index contributed by atoms with van der Waals surface area (Å²) in [6, 6.07) is 16.6. The molecule has 0 unspecified atom stereocenters. The molecule has 24 heavy (non-hydrogen) atoms. The van der Waals surface area contributed by atoms with Crippen molar-refractivity contribution in [2.75, 3.05) is 0 Å². The Kier molecular flexibility index (Phi) is 4.76. The summed E-state index contributed by atoms with van der Waals surface area (Å²) in [5.74, 6) is 0.789. The van der Waals surface area contributed by atoms with Crippen LogP contribution in [-0.4, -0.2) is 11.8 Å².